The predicted molar refractivity (Wildman–Crippen MR) is 91.2 cm³/mol. The van der Waals surface area contributed by atoms with Gasteiger partial charge in [0.1, 0.15) is 5.69 Å². The van der Waals surface area contributed by atoms with E-state index in [2.05, 4.69) is 15.7 Å². The van der Waals surface area contributed by atoms with Gasteiger partial charge in [-0.25, -0.2) is 4.79 Å². The number of aryl methyl sites for hydroxylation is 1. The maximum atomic E-state index is 12.3. The van der Waals surface area contributed by atoms with Gasteiger partial charge in [-0.2, -0.15) is 5.10 Å². The molecule has 6 nitrogen and oxygen atoms in total. The first-order valence-electron chi connectivity index (χ1n) is 7.82. The lowest BCUT2D eigenvalue weighted by Gasteiger charge is -2.30. The van der Waals surface area contributed by atoms with E-state index >= 15 is 0 Å². The molecule has 1 heterocycles. The molecule has 6 heteroatoms. The van der Waals surface area contributed by atoms with E-state index < -0.39 is 5.54 Å². The first kappa shape index (κ1) is 17.0. The summed E-state index contributed by atoms with van der Waals surface area (Å²) in [6.07, 6.45) is 3.08. The van der Waals surface area contributed by atoms with Crippen molar-refractivity contribution in [3.05, 3.63) is 36.5 Å². The molecule has 23 heavy (non-hydrogen) atoms. The van der Waals surface area contributed by atoms with Crippen LogP contribution in [0.15, 0.2) is 36.5 Å². The van der Waals surface area contributed by atoms with Crippen molar-refractivity contribution in [2.45, 2.75) is 32.2 Å². The van der Waals surface area contributed by atoms with Crippen LogP contribution in [0.25, 0.3) is 11.3 Å². The summed E-state index contributed by atoms with van der Waals surface area (Å²) in [4.78, 5) is 12.3. The Bertz CT molecular complexity index is 640. The van der Waals surface area contributed by atoms with Crippen LogP contribution in [-0.4, -0.2) is 33.1 Å². The maximum Gasteiger partial charge on any atom is 0.319 e. The molecule has 0 radical (unpaired) electrons. The normalized spacial score (nSPS) is 11.3. The summed E-state index contributed by atoms with van der Waals surface area (Å²) in [5.74, 6) is 0. The van der Waals surface area contributed by atoms with Crippen molar-refractivity contribution in [2.75, 3.05) is 11.9 Å². The van der Waals surface area contributed by atoms with E-state index in [9.17, 15) is 9.90 Å². The van der Waals surface area contributed by atoms with E-state index in [1.54, 1.807) is 10.9 Å². The van der Waals surface area contributed by atoms with Gasteiger partial charge in [0.25, 0.3) is 0 Å². The summed E-state index contributed by atoms with van der Waals surface area (Å²) in [5, 5.41) is 19.7. The van der Waals surface area contributed by atoms with Gasteiger partial charge in [0.2, 0.25) is 0 Å². The lowest BCUT2D eigenvalue weighted by molar-refractivity contribution is 0.155. The number of hydrogen-bond donors (Lipinski definition) is 3. The number of carbonyl (C=O) groups excluding carboxylic acids is 1. The van der Waals surface area contributed by atoms with Crippen LogP contribution in [0.3, 0.4) is 0 Å². The number of hydrogen-bond acceptors (Lipinski definition) is 3. The third-order valence-electron chi connectivity index (χ3n) is 4.16. The average molecular weight is 316 g/mol. The molecule has 0 spiro atoms. The number of nitrogens with one attached hydrogen (secondary N) is 2. The number of benzene rings is 1. The lowest BCUT2D eigenvalue weighted by Crippen LogP contribution is -2.52. The third kappa shape index (κ3) is 3.90. The minimum absolute atomic E-state index is 0.0913. The monoisotopic (exact) mass is 316 g/mol. The Morgan fingerprint density at radius 2 is 1.91 bits per heavy atom. The molecule has 124 valence electrons. The quantitative estimate of drug-likeness (QED) is 0.766. The summed E-state index contributed by atoms with van der Waals surface area (Å²) >= 11 is 0. The van der Waals surface area contributed by atoms with Crippen LogP contribution in [0.5, 0.6) is 0 Å². The zero-order valence-corrected chi connectivity index (χ0v) is 13.8. The molecule has 0 aliphatic heterocycles. The van der Waals surface area contributed by atoms with Crippen molar-refractivity contribution >= 4 is 11.7 Å². The number of nitrogens with zero attached hydrogens (tertiary/aromatic N) is 2. The Kier molecular flexibility index (Phi) is 5.39. The highest BCUT2D eigenvalue weighted by molar-refractivity contribution is 5.93. The van der Waals surface area contributed by atoms with Gasteiger partial charge in [-0.3, -0.25) is 4.68 Å². The highest BCUT2D eigenvalue weighted by Crippen LogP contribution is 2.26. The molecule has 0 unspecified atom stereocenters. The van der Waals surface area contributed by atoms with Crippen molar-refractivity contribution in [1.82, 2.24) is 15.1 Å². The Hall–Kier alpha value is -2.34. The summed E-state index contributed by atoms with van der Waals surface area (Å²) in [7, 11) is 1.81. The van der Waals surface area contributed by atoms with Crippen LogP contribution in [0, 0.1) is 0 Å². The van der Waals surface area contributed by atoms with Gasteiger partial charge in [-0.15, -0.1) is 0 Å². The molecule has 0 bridgehead atoms. The number of rotatable bonds is 6. The van der Waals surface area contributed by atoms with Crippen molar-refractivity contribution < 1.29 is 9.90 Å². The average Bonchev–Trinajstić information content (AvgIpc) is 2.94. The molecular weight excluding hydrogens is 292 g/mol. The second kappa shape index (κ2) is 7.28. The van der Waals surface area contributed by atoms with Gasteiger partial charge in [0.05, 0.1) is 17.8 Å². The van der Waals surface area contributed by atoms with E-state index in [1.165, 1.54) is 0 Å². The molecule has 1 aromatic heterocycles. The van der Waals surface area contributed by atoms with Gasteiger partial charge >= 0.3 is 6.03 Å². The topological polar surface area (TPSA) is 79.2 Å². The van der Waals surface area contributed by atoms with Crippen LogP contribution < -0.4 is 10.6 Å². The smallest absolute Gasteiger partial charge is 0.319 e. The van der Waals surface area contributed by atoms with Gasteiger partial charge in [0.15, 0.2) is 0 Å². The molecule has 0 atom stereocenters. The molecule has 2 amide bonds. The molecule has 2 aromatic rings. The standard InChI is InChI=1S/C17H24N4O2/c1-4-17(5-2,12-22)19-16(23)18-14-11-21(3)20-15(14)13-9-7-6-8-10-13/h6-11,22H,4-5,12H2,1-3H3,(H2,18,19,23). The fourth-order valence-electron chi connectivity index (χ4n) is 2.47. The van der Waals surface area contributed by atoms with Gasteiger partial charge in [-0.05, 0) is 12.8 Å². The Labute approximate surface area is 136 Å². The van der Waals surface area contributed by atoms with Crippen LogP contribution in [0.4, 0.5) is 10.5 Å². The molecular formula is C17H24N4O2. The van der Waals surface area contributed by atoms with Crippen molar-refractivity contribution in [1.29, 1.82) is 0 Å². The number of anilines is 1. The molecule has 0 fully saturated rings. The third-order valence-corrected chi connectivity index (χ3v) is 4.16. The molecule has 0 saturated heterocycles. The Balaban J connectivity index is 2.19. The summed E-state index contributed by atoms with van der Waals surface area (Å²) in [6, 6.07) is 9.35. The fraction of sp³-hybridized carbons (Fsp3) is 0.412. The van der Waals surface area contributed by atoms with Gasteiger partial charge in [0, 0.05) is 18.8 Å². The van der Waals surface area contributed by atoms with Gasteiger partial charge < -0.3 is 15.7 Å². The highest BCUT2D eigenvalue weighted by Gasteiger charge is 2.27. The molecule has 2 rings (SSSR count). The van der Waals surface area contributed by atoms with E-state index in [4.69, 9.17) is 0 Å². The van der Waals surface area contributed by atoms with Gasteiger partial charge in [-0.1, -0.05) is 44.2 Å². The fourth-order valence-corrected chi connectivity index (χ4v) is 2.47. The summed E-state index contributed by atoms with van der Waals surface area (Å²) < 4.78 is 1.66. The lowest BCUT2D eigenvalue weighted by atomic mass is 9.94. The largest absolute Gasteiger partial charge is 0.394 e. The SMILES string of the molecule is CCC(CC)(CO)NC(=O)Nc1cn(C)nc1-c1ccccc1. The zero-order chi connectivity index (χ0) is 16.9. The number of aliphatic hydroxyl groups is 1. The number of carbonyl (C=O) groups is 1. The van der Waals surface area contributed by atoms with Crippen molar-refractivity contribution in [3.8, 4) is 11.3 Å². The maximum absolute atomic E-state index is 12.3. The number of amides is 2. The molecule has 1 aromatic carbocycles. The van der Waals surface area contributed by atoms with E-state index in [1.807, 2.05) is 51.2 Å². The first-order chi connectivity index (χ1) is 11.0. The summed E-state index contributed by atoms with van der Waals surface area (Å²) in [5.41, 5.74) is 1.68. The predicted octanol–water partition coefficient (Wildman–Crippen LogP) is 2.76. The number of aliphatic hydroxyl groups excluding tert-OH is 1. The minimum atomic E-state index is -0.598. The molecule has 0 aliphatic carbocycles. The molecule has 0 saturated carbocycles. The van der Waals surface area contributed by atoms with Crippen LogP contribution in [0.2, 0.25) is 0 Å². The van der Waals surface area contributed by atoms with Crippen LogP contribution in [-0.2, 0) is 7.05 Å². The second-order valence-corrected chi connectivity index (χ2v) is 5.66. The molecule has 3 N–H and O–H groups in total. The number of aromatic nitrogens is 2. The Morgan fingerprint density at radius 3 is 2.48 bits per heavy atom. The minimum Gasteiger partial charge on any atom is -0.394 e. The summed E-state index contributed by atoms with van der Waals surface area (Å²) in [6.45, 7) is 3.80. The van der Waals surface area contributed by atoms with Crippen LogP contribution in [0.1, 0.15) is 26.7 Å². The second-order valence-electron chi connectivity index (χ2n) is 5.66. The number of urea groups is 1. The van der Waals surface area contributed by atoms with Crippen LogP contribution >= 0.6 is 0 Å². The van der Waals surface area contributed by atoms with E-state index in [0.29, 0.717) is 24.2 Å². The van der Waals surface area contributed by atoms with Crippen molar-refractivity contribution in [2.24, 2.45) is 7.05 Å². The Morgan fingerprint density at radius 1 is 1.26 bits per heavy atom. The van der Waals surface area contributed by atoms with E-state index in [-0.39, 0.29) is 12.6 Å². The molecule has 0 aliphatic rings. The van der Waals surface area contributed by atoms with E-state index in [0.717, 1.165) is 5.56 Å². The first-order valence-corrected chi connectivity index (χ1v) is 7.82. The van der Waals surface area contributed by atoms with Crippen molar-refractivity contribution in [3.63, 3.8) is 0 Å². The highest BCUT2D eigenvalue weighted by atomic mass is 16.3. The zero-order valence-electron chi connectivity index (χ0n) is 13.8.